The van der Waals surface area contributed by atoms with Crippen molar-refractivity contribution < 1.29 is 13.2 Å². The molecule has 2 aromatic carbocycles. The maximum atomic E-state index is 12.3. The van der Waals surface area contributed by atoms with Crippen molar-refractivity contribution in [2.24, 2.45) is 0 Å². The highest BCUT2D eigenvalue weighted by Crippen LogP contribution is 2.22. The predicted molar refractivity (Wildman–Crippen MR) is 108 cm³/mol. The molecule has 3 rings (SSSR count). The molecule has 0 radical (unpaired) electrons. The zero-order valence-corrected chi connectivity index (χ0v) is 16.6. The SMILES string of the molecule is Cc1cccc(N(Cc2ccc(C(=O)NC3CCCC3)cc2)S(C)(=O)=O)c1. The van der Waals surface area contributed by atoms with E-state index in [4.69, 9.17) is 0 Å². The Balaban J connectivity index is 1.74. The van der Waals surface area contributed by atoms with Crippen LogP contribution in [0.2, 0.25) is 0 Å². The molecule has 0 atom stereocenters. The first-order chi connectivity index (χ1) is 12.8. The third-order valence-electron chi connectivity index (χ3n) is 4.92. The Morgan fingerprint density at radius 2 is 1.78 bits per heavy atom. The fourth-order valence-corrected chi connectivity index (χ4v) is 4.33. The molecule has 1 saturated carbocycles. The Morgan fingerprint density at radius 1 is 1.11 bits per heavy atom. The number of hydrogen-bond donors (Lipinski definition) is 1. The lowest BCUT2D eigenvalue weighted by Gasteiger charge is -2.23. The molecule has 1 N–H and O–H groups in total. The van der Waals surface area contributed by atoms with Crippen LogP contribution >= 0.6 is 0 Å². The van der Waals surface area contributed by atoms with Crippen LogP contribution in [0.1, 0.15) is 47.2 Å². The average molecular weight is 387 g/mol. The normalized spacial score (nSPS) is 14.9. The Kier molecular flexibility index (Phi) is 5.85. The van der Waals surface area contributed by atoms with Crippen LogP contribution in [0, 0.1) is 6.92 Å². The Hall–Kier alpha value is -2.34. The van der Waals surface area contributed by atoms with Crippen LogP contribution in [-0.4, -0.2) is 26.6 Å². The van der Waals surface area contributed by atoms with E-state index in [1.165, 1.54) is 23.4 Å². The second-order valence-corrected chi connectivity index (χ2v) is 9.17. The van der Waals surface area contributed by atoms with E-state index >= 15 is 0 Å². The van der Waals surface area contributed by atoms with E-state index in [-0.39, 0.29) is 18.5 Å². The number of sulfonamides is 1. The topological polar surface area (TPSA) is 66.5 Å². The van der Waals surface area contributed by atoms with Crippen molar-refractivity contribution in [3.8, 4) is 0 Å². The fraction of sp³-hybridized carbons (Fsp3) is 0.381. The summed E-state index contributed by atoms with van der Waals surface area (Å²) in [4.78, 5) is 12.3. The largest absolute Gasteiger partial charge is 0.349 e. The van der Waals surface area contributed by atoms with E-state index in [1.807, 2.05) is 37.3 Å². The Morgan fingerprint density at radius 3 is 2.37 bits per heavy atom. The van der Waals surface area contributed by atoms with Crippen molar-refractivity contribution in [2.75, 3.05) is 10.6 Å². The summed E-state index contributed by atoms with van der Waals surface area (Å²) >= 11 is 0. The van der Waals surface area contributed by atoms with Gasteiger partial charge in [-0.3, -0.25) is 9.10 Å². The quantitative estimate of drug-likeness (QED) is 0.824. The van der Waals surface area contributed by atoms with Gasteiger partial charge in [-0.1, -0.05) is 37.1 Å². The van der Waals surface area contributed by atoms with Crippen LogP contribution in [0.5, 0.6) is 0 Å². The van der Waals surface area contributed by atoms with Crippen LogP contribution in [0.4, 0.5) is 5.69 Å². The minimum absolute atomic E-state index is 0.0629. The zero-order valence-electron chi connectivity index (χ0n) is 15.8. The summed E-state index contributed by atoms with van der Waals surface area (Å²) in [5, 5.41) is 3.07. The summed E-state index contributed by atoms with van der Waals surface area (Å²) in [5.74, 6) is -0.0629. The van der Waals surface area contributed by atoms with Crippen molar-refractivity contribution in [1.82, 2.24) is 5.32 Å². The maximum absolute atomic E-state index is 12.3. The van der Waals surface area contributed by atoms with Crippen LogP contribution in [0.3, 0.4) is 0 Å². The van der Waals surface area contributed by atoms with Gasteiger partial charge in [-0.05, 0) is 55.2 Å². The van der Waals surface area contributed by atoms with Crippen molar-refractivity contribution in [2.45, 2.75) is 45.2 Å². The molecule has 1 amide bonds. The summed E-state index contributed by atoms with van der Waals surface area (Å²) in [6.45, 7) is 2.16. The monoisotopic (exact) mass is 386 g/mol. The molecule has 0 spiro atoms. The Labute approximate surface area is 161 Å². The minimum Gasteiger partial charge on any atom is -0.349 e. The number of nitrogens with one attached hydrogen (secondary N) is 1. The lowest BCUT2D eigenvalue weighted by atomic mass is 10.1. The lowest BCUT2D eigenvalue weighted by Crippen LogP contribution is -2.32. The van der Waals surface area contributed by atoms with E-state index in [0.29, 0.717) is 11.3 Å². The fourth-order valence-electron chi connectivity index (χ4n) is 3.45. The van der Waals surface area contributed by atoms with Crippen LogP contribution in [-0.2, 0) is 16.6 Å². The molecular formula is C21H26N2O3S. The molecule has 6 heteroatoms. The first-order valence-corrected chi connectivity index (χ1v) is 11.1. The van der Waals surface area contributed by atoms with Crippen molar-refractivity contribution in [1.29, 1.82) is 0 Å². The summed E-state index contributed by atoms with van der Waals surface area (Å²) in [5.41, 5.74) is 3.08. The van der Waals surface area contributed by atoms with Crippen LogP contribution < -0.4 is 9.62 Å². The number of amides is 1. The van der Waals surface area contributed by atoms with Gasteiger partial charge in [-0.2, -0.15) is 0 Å². The highest BCUT2D eigenvalue weighted by molar-refractivity contribution is 7.92. The van der Waals surface area contributed by atoms with Gasteiger partial charge in [0, 0.05) is 11.6 Å². The van der Waals surface area contributed by atoms with Gasteiger partial charge in [-0.25, -0.2) is 8.42 Å². The number of benzene rings is 2. The van der Waals surface area contributed by atoms with Gasteiger partial charge in [0.1, 0.15) is 0 Å². The summed E-state index contributed by atoms with van der Waals surface area (Å²) in [7, 11) is -3.42. The molecule has 0 aliphatic heterocycles. The second-order valence-electron chi connectivity index (χ2n) is 7.26. The highest BCUT2D eigenvalue weighted by Gasteiger charge is 2.20. The summed E-state index contributed by atoms with van der Waals surface area (Å²) in [6, 6.07) is 14.9. The number of aryl methyl sites for hydroxylation is 1. The van der Waals surface area contributed by atoms with Gasteiger partial charge in [0.15, 0.2) is 0 Å². The Bertz CT molecular complexity index is 901. The van der Waals surface area contributed by atoms with E-state index in [2.05, 4.69) is 5.32 Å². The molecule has 1 fully saturated rings. The average Bonchev–Trinajstić information content (AvgIpc) is 3.12. The molecule has 1 aliphatic carbocycles. The number of nitrogens with zero attached hydrogens (tertiary/aromatic N) is 1. The molecule has 144 valence electrons. The van der Waals surface area contributed by atoms with E-state index < -0.39 is 10.0 Å². The highest BCUT2D eigenvalue weighted by atomic mass is 32.2. The molecule has 0 aromatic heterocycles. The number of carbonyl (C=O) groups excluding carboxylic acids is 1. The maximum Gasteiger partial charge on any atom is 0.251 e. The van der Waals surface area contributed by atoms with E-state index in [0.717, 1.165) is 24.0 Å². The third kappa shape index (κ3) is 5.10. The number of carbonyl (C=O) groups is 1. The first kappa shape index (κ1) is 19.4. The number of anilines is 1. The number of rotatable bonds is 6. The van der Waals surface area contributed by atoms with Gasteiger partial charge in [-0.15, -0.1) is 0 Å². The van der Waals surface area contributed by atoms with Gasteiger partial charge in [0.25, 0.3) is 5.91 Å². The molecule has 27 heavy (non-hydrogen) atoms. The third-order valence-corrected chi connectivity index (χ3v) is 6.06. The molecule has 2 aromatic rings. The minimum atomic E-state index is -3.42. The van der Waals surface area contributed by atoms with Crippen LogP contribution in [0.25, 0.3) is 0 Å². The van der Waals surface area contributed by atoms with Gasteiger partial charge < -0.3 is 5.32 Å². The molecule has 0 unspecified atom stereocenters. The molecular weight excluding hydrogens is 360 g/mol. The zero-order chi connectivity index (χ0) is 19.4. The molecule has 0 heterocycles. The van der Waals surface area contributed by atoms with Crippen molar-refractivity contribution in [3.63, 3.8) is 0 Å². The summed E-state index contributed by atoms with van der Waals surface area (Å²) in [6.07, 6.45) is 5.64. The standard InChI is InChI=1S/C21H26N2O3S/c1-16-6-5-9-20(14-16)23(27(2,25)26)15-17-10-12-18(13-11-17)21(24)22-19-7-3-4-8-19/h5-6,9-14,19H,3-4,7-8,15H2,1-2H3,(H,22,24). The van der Waals surface area contributed by atoms with Crippen LogP contribution in [0.15, 0.2) is 48.5 Å². The van der Waals surface area contributed by atoms with E-state index in [9.17, 15) is 13.2 Å². The molecule has 1 aliphatic rings. The van der Waals surface area contributed by atoms with Gasteiger partial charge >= 0.3 is 0 Å². The summed E-state index contributed by atoms with van der Waals surface area (Å²) < 4.78 is 25.9. The predicted octanol–water partition coefficient (Wildman–Crippen LogP) is 3.63. The first-order valence-electron chi connectivity index (χ1n) is 9.27. The number of hydrogen-bond acceptors (Lipinski definition) is 3. The van der Waals surface area contributed by atoms with Gasteiger partial charge in [0.2, 0.25) is 10.0 Å². The molecule has 0 saturated heterocycles. The second kappa shape index (κ2) is 8.13. The lowest BCUT2D eigenvalue weighted by molar-refractivity contribution is 0.0938. The van der Waals surface area contributed by atoms with E-state index in [1.54, 1.807) is 18.2 Å². The van der Waals surface area contributed by atoms with Gasteiger partial charge in [0.05, 0.1) is 18.5 Å². The molecule has 5 nitrogen and oxygen atoms in total. The molecule has 0 bridgehead atoms. The van der Waals surface area contributed by atoms with Crippen molar-refractivity contribution >= 4 is 21.6 Å². The smallest absolute Gasteiger partial charge is 0.251 e. The van der Waals surface area contributed by atoms with Crippen molar-refractivity contribution in [3.05, 3.63) is 65.2 Å².